The van der Waals surface area contributed by atoms with Crippen molar-refractivity contribution in [3.8, 4) is 0 Å². The quantitative estimate of drug-likeness (QED) is 0.0211. The molecule has 0 rings (SSSR count). The van der Waals surface area contributed by atoms with Gasteiger partial charge in [-0.1, -0.05) is 295 Å². The third kappa shape index (κ3) is 68.8. The molecule has 0 amide bonds. The number of rotatable bonds is 64. The fourth-order valence-electron chi connectivity index (χ4n) is 9.58. The Hall–Kier alpha value is -4.57. The van der Waals surface area contributed by atoms with E-state index in [0.29, 0.717) is 23.9 Å². The molecule has 0 aromatic heterocycles. The molecule has 2 atom stereocenters. The average molecular weight is 1210 g/mol. The highest BCUT2D eigenvalue weighted by molar-refractivity contribution is 5.71. The molecule has 1 N–H and O–H groups in total. The summed E-state index contributed by atoms with van der Waals surface area (Å²) in [5, 5.41) is 9.75. The lowest BCUT2D eigenvalue weighted by atomic mass is 10.0. The van der Waals surface area contributed by atoms with Crippen LogP contribution in [0.1, 0.15) is 284 Å². The monoisotopic (exact) mass is 1210 g/mol. The summed E-state index contributed by atoms with van der Waals surface area (Å²) >= 11 is 0. The lowest BCUT2D eigenvalue weighted by molar-refractivity contribution is -0.870. The molecule has 0 bridgehead atoms. The molecule has 0 heterocycles. The van der Waals surface area contributed by atoms with Gasteiger partial charge in [0.1, 0.15) is 13.2 Å². The van der Waals surface area contributed by atoms with Crippen molar-refractivity contribution in [2.24, 2.45) is 0 Å². The van der Waals surface area contributed by atoms with Crippen LogP contribution in [-0.2, 0) is 33.3 Å². The maximum atomic E-state index is 13.0. The molecule has 0 aliphatic rings. The van der Waals surface area contributed by atoms with Crippen LogP contribution in [0, 0.1) is 0 Å². The number of carboxylic acid groups (broad SMARTS) is 1. The number of ether oxygens (including phenoxy) is 4. The number of aliphatic carboxylic acids is 1. The van der Waals surface area contributed by atoms with E-state index in [1.165, 1.54) is 135 Å². The number of nitrogens with zero attached hydrogens (tertiary/aromatic N) is 1. The molecule has 0 fully saturated rings. The molecule has 9 heteroatoms. The van der Waals surface area contributed by atoms with Crippen LogP contribution in [0.15, 0.2) is 134 Å². The standard InChI is InChI=1S/C78H131NO8/c1-6-8-10-12-14-16-18-20-22-24-26-28-30-32-34-36-38-40-42-44-46-48-50-52-54-56-58-60-62-64-66-68-75(80)85-72-74(73-86-78(77(82)83)84-71-70-79(3,4)5)87-76(81)69-67-65-63-61-59-57-55-53-51-49-47-45-43-41-39-37-35-33-31-29-27-25-23-21-19-17-15-13-11-9-7-2/h8-11,14-17,20-23,26-29,33,35,39,41,45,47,74,78H,6-7,12-13,18-19,24-25,30-32,34,36-38,40,42-44,46,48-73H2,1-5H3/p+1/b10-8-,11-9-,16-14-,17-15-,22-20-,23-21-,28-26-,29-27-,35-33-,41-39-,47-45-. The summed E-state index contributed by atoms with van der Waals surface area (Å²) in [6, 6.07) is 0. The van der Waals surface area contributed by atoms with Crippen molar-refractivity contribution in [1.82, 2.24) is 0 Å². The van der Waals surface area contributed by atoms with Crippen molar-refractivity contribution < 1.29 is 42.9 Å². The van der Waals surface area contributed by atoms with E-state index in [9.17, 15) is 19.5 Å². The predicted octanol–water partition coefficient (Wildman–Crippen LogP) is 22.1. The van der Waals surface area contributed by atoms with E-state index in [2.05, 4.69) is 148 Å². The molecular weight excluding hydrogens is 1080 g/mol. The van der Waals surface area contributed by atoms with Gasteiger partial charge in [0.25, 0.3) is 6.29 Å². The molecule has 0 aliphatic carbocycles. The van der Waals surface area contributed by atoms with Gasteiger partial charge in [-0.2, -0.15) is 0 Å². The first kappa shape index (κ1) is 82.4. The van der Waals surface area contributed by atoms with Gasteiger partial charge < -0.3 is 28.5 Å². The van der Waals surface area contributed by atoms with Crippen LogP contribution in [0.4, 0.5) is 0 Å². The lowest BCUT2D eigenvalue weighted by Crippen LogP contribution is -2.40. The van der Waals surface area contributed by atoms with Crippen molar-refractivity contribution in [2.45, 2.75) is 296 Å². The molecule has 0 radical (unpaired) electrons. The number of allylic oxidation sites excluding steroid dienone is 22. The Morgan fingerprint density at radius 1 is 0.345 bits per heavy atom. The van der Waals surface area contributed by atoms with Crippen molar-refractivity contribution in [3.63, 3.8) is 0 Å². The van der Waals surface area contributed by atoms with Gasteiger partial charge in [0.15, 0.2) is 6.10 Å². The van der Waals surface area contributed by atoms with Gasteiger partial charge in [0, 0.05) is 12.8 Å². The maximum absolute atomic E-state index is 13.0. The minimum absolute atomic E-state index is 0.181. The van der Waals surface area contributed by atoms with Gasteiger partial charge in [0.2, 0.25) is 0 Å². The summed E-state index contributed by atoms with van der Waals surface area (Å²) < 4.78 is 23.0. The molecule has 0 aromatic rings. The molecule has 0 saturated heterocycles. The summed E-state index contributed by atoms with van der Waals surface area (Å²) in [4.78, 5) is 37.7. The highest BCUT2D eigenvalue weighted by atomic mass is 16.7. The third-order valence-corrected chi connectivity index (χ3v) is 14.9. The number of carbonyl (C=O) groups excluding carboxylic acids is 2. The van der Waals surface area contributed by atoms with Crippen LogP contribution in [0.5, 0.6) is 0 Å². The zero-order valence-corrected chi connectivity index (χ0v) is 56.6. The summed E-state index contributed by atoms with van der Waals surface area (Å²) in [6.07, 6.45) is 94.2. The average Bonchev–Trinajstić information content (AvgIpc) is 3.56. The van der Waals surface area contributed by atoms with Gasteiger partial charge in [-0.3, -0.25) is 9.59 Å². The summed E-state index contributed by atoms with van der Waals surface area (Å²) in [6.45, 7) is 4.66. The zero-order valence-electron chi connectivity index (χ0n) is 56.6. The molecule has 0 aromatic carbocycles. The highest BCUT2D eigenvalue weighted by Crippen LogP contribution is 2.17. The second kappa shape index (κ2) is 67.4. The van der Waals surface area contributed by atoms with Crippen molar-refractivity contribution in [3.05, 3.63) is 134 Å². The van der Waals surface area contributed by atoms with E-state index in [-0.39, 0.29) is 32.2 Å². The summed E-state index contributed by atoms with van der Waals surface area (Å²) in [7, 11) is 5.97. The fraction of sp³-hybridized carbons (Fsp3) is 0.679. The molecule has 87 heavy (non-hydrogen) atoms. The zero-order chi connectivity index (χ0) is 63.3. The first-order chi connectivity index (χ1) is 42.6. The van der Waals surface area contributed by atoms with E-state index in [0.717, 1.165) is 116 Å². The van der Waals surface area contributed by atoms with Crippen molar-refractivity contribution in [2.75, 3.05) is 47.5 Å². The number of carboxylic acids is 1. The molecule has 0 aliphatic heterocycles. The SMILES string of the molecule is CC/C=C\C/C=C\C/C=C\C/C=C\C/C=C\C/C=C\C/C=C\CCCCCCCCCCCC(=O)OC(COC(=O)CCCCCCCCCCCCCCCCCCCC/C=C\C/C=C\C/C=C\C/C=C\CC)COC(OCC[N+](C)(C)C)C(=O)O. The van der Waals surface area contributed by atoms with E-state index in [1.54, 1.807) is 0 Å². The Morgan fingerprint density at radius 3 is 0.920 bits per heavy atom. The normalized spacial score (nSPS) is 13.5. The van der Waals surface area contributed by atoms with Crippen molar-refractivity contribution >= 4 is 17.9 Å². The van der Waals surface area contributed by atoms with E-state index in [1.807, 2.05) is 21.1 Å². The number of carbonyl (C=O) groups is 3. The lowest BCUT2D eigenvalue weighted by Gasteiger charge is -2.25. The van der Waals surface area contributed by atoms with Crippen molar-refractivity contribution in [1.29, 1.82) is 0 Å². The number of likely N-dealkylation sites (N-methyl/N-ethyl adjacent to an activating group) is 1. The third-order valence-electron chi connectivity index (χ3n) is 14.9. The van der Waals surface area contributed by atoms with Crippen LogP contribution in [0.2, 0.25) is 0 Å². The number of quaternary nitrogens is 1. The minimum atomic E-state index is -1.52. The molecule has 0 spiro atoms. The Kier molecular flexibility index (Phi) is 63.8. The van der Waals surface area contributed by atoms with E-state index < -0.39 is 24.3 Å². The smallest absolute Gasteiger partial charge is 0.361 e. The number of unbranched alkanes of at least 4 members (excludes halogenated alkanes) is 27. The summed E-state index contributed by atoms with van der Waals surface area (Å²) in [5.41, 5.74) is 0. The van der Waals surface area contributed by atoms with Gasteiger partial charge in [-0.05, 0) is 109 Å². The second-order valence-corrected chi connectivity index (χ2v) is 24.4. The van der Waals surface area contributed by atoms with Crippen LogP contribution in [0.3, 0.4) is 0 Å². The Morgan fingerprint density at radius 2 is 0.621 bits per heavy atom. The Labute approximate surface area is 535 Å². The minimum Gasteiger partial charge on any atom is -0.477 e. The predicted molar refractivity (Wildman–Crippen MR) is 373 cm³/mol. The number of esters is 2. The fourth-order valence-corrected chi connectivity index (χ4v) is 9.58. The second-order valence-electron chi connectivity index (χ2n) is 24.4. The number of hydrogen-bond acceptors (Lipinski definition) is 7. The van der Waals surface area contributed by atoms with Gasteiger partial charge >= 0.3 is 17.9 Å². The molecule has 496 valence electrons. The molecule has 0 saturated carbocycles. The Bertz CT molecular complexity index is 1890. The first-order valence-electron chi connectivity index (χ1n) is 35.3. The van der Waals surface area contributed by atoms with Crippen LogP contribution in [-0.4, -0.2) is 87.4 Å². The van der Waals surface area contributed by atoms with Gasteiger partial charge in [-0.15, -0.1) is 0 Å². The molecule has 2 unspecified atom stereocenters. The molecule has 9 nitrogen and oxygen atoms in total. The first-order valence-corrected chi connectivity index (χ1v) is 35.3. The number of hydrogen-bond donors (Lipinski definition) is 1. The Balaban J connectivity index is 4.14. The molecular formula is C78H132NO8+. The van der Waals surface area contributed by atoms with Crippen LogP contribution >= 0.6 is 0 Å². The van der Waals surface area contributed by atoms with E-state index >= 15 is 0 Å². The topological polar surface area (TPSA) is 108 Å². The highest BCUT2D eigenvalue weighted by Gasteiger charge is 2.25. The van der Waals surface area contributed by atoms with Gasteiger partial charge in [-0.25, -0.2) is 4.79 Å². The summed E-state index contributed by atoms with van der Waals surface area (Å²) in [5.74, 6) is -2.01. The maximum Gasteiger partial charge on any atom is 0.361 e. The van der Waals surface area contributed by atoms with Crippen LogP contribution in [0.25, 0.3) is 0 Å². The van der Waals surface area contributed by atoms with Crippen LogP contribution < -0.4 is 0 Å². The van der Waals surface area contributed by atoms with E-state index in [4.69, 9.17) is 18.9 Å². The largest absolute Gasteiger partial charge is 0.477 e. The van der Waals surface area contributed by atoms with Gasteiger partial charge in [0.05, 0.1) is 34.4 Å².